The molecule has 4 rings (SSSR count). The molecular weight excluding hydrogens is 475 g/mol. The lowest BCUT2D eigenvalue weighted by Crippen LogP contribution is -2.41. The summed E-state index contributed by atoms with van der Waals surface area (Å²) in [5.41, 5.74) is 1.89. The molecule has 0 spiro atoms. The Morgan fingerprint density at radius 1 is 1.18 bits per heavy atom. The number of nitrogens with zero attached hydrogens (tertiary/aromatic N) is 2. The van der Waals surface area contributed by atoms with E-state index in [0.29, 0.717) is 45.1 Å². The van der Waals surface area contributed by atoms with Crippen LogP contribution in [0.15, 0.2) is 42.1 Å². The lowest BCUT2D eigenvalue weighted by atomic mass is 9.94. The lowest BCUT2D eigenvalue weighted by Gasteiger charge is -2.30. The van der Waals surface area contributed by atoms with Crippen LogP contribution in [-0.2, 0) is 11.4 Å². The number of thiocarbonyl (C=S) groups is 1. The molecule has 8 heteroatoms. The van der Waals surface area contributed by atoms with Gasteiger partial charge in [-0.25, -0.2) is 4.39 Å². The van der Waals surface area contributed by atoms with Crippen LogP contribution in [0.4, 0.5) is 4.39 Å². The first-order valence-corrected chi connectivity index (χ1v) is 12.3. The number of ether oxygens (including phenoxy) is 2. The minimum absolute atomic E-state index is 0.0834. The van der Waals surface area contributed by atoms with E-state index in [9.17, 15) is 9.18 Å². The maximum Gasteiger partial charge on any atom is 0.277 e. The fourth-order valence-electron chi connectivity index (χ4n) is 4.45. The molecule has 1 aliphatic carbocycles. The van der Waals surface area contributed by atoms with Crippen LogP contribution >= 0.6 is 23.8 Å². The maximum absolute atomic E-state index is 13.5. The van der Waals surface area contributed by atoms with Crippen molar-refractivity contribution >= 4 is 40.9 Å². The molecule has 0 aromatic heterocycles. The zero-order valence-electron chi connectivity index (χ0n) is 19.4. The number of carbonyl (C=O) groups excluding carboxylic acids is 1. The van der Waals surface area contributed by atoms with Crippen LogP contribution in [-0.4, -0.2) is 40.5 Å². The molecule has 0 N–H and O–H groups in total. The molecule has 1 saturated heterocycles. The van der Waals surface area contributed by atoms with Crippen molar-refractivity contribution in [1.29, 1.82) is 0 Å². The van der Waals surface area contributed by atoms with Crippen molar-refractivity contribution in [2.24, 2.45) is 0 Å². The van der Waals surface area contributed by atoms with Crippen LogP contribution in [0.3, 0.4) is 0 Å². The summed E-state index contributed by atoms with van der Waals surface area (Å²) in [5, 5.41) is 0.878. The molecule has 2 fully saturated rings. The van der Waals surface area contributed by atoms with Gasteiger partial charge < -0.3 is 14.4 Å². The van der Waals surface area contributed by atoms with Crippen LogP contribution in [0, 0.1) is 5.82 Å². The molecule has 0 radical (unpaired) electrons. The van der Waals surface area contributed by atoms with Gasteiger partial charge in [0.2, 0.25) is 0 Å². The van der Waals surface area contributed by atoms with E-state index in [1.807, 2.05) is 14.0 Å². The molecule has 0 atom stereocenters. The average molecular weight is 503 g/mol. The summed E-state index contributed by atoms with van der Waals surface area (Å²) >= 11 is 12.2. The van der Waals surface area contributed by atoms with E-state index in [1.165, 1.54) is 18.6 Å². The average Bonchev–Trinajstić information content (AvgIpc) is 3.02. The third-order valence-corrected chi connectivity index (χ3v) is 6.89. The van der Waals surface area contributed by atoms with E-state index < -0.39 is 0 Å². The van der Waals surface area contributed by atoms with Gasteiger partial charge >= 0.3 is 0 Å². The predicted octanol–water partition coefficient (Wildman–Crippen LogP) is 6.19. The Morgan fingerprint density at radius 3 is 2.65 bits per heavy atom. The van der Waals surface area contributed by atoms with Crippen LogP contribution in [0.25, 0.3) is 6.08 Å². The first kappa shape index (κ1) is 24.5. The van der Waals surface area contributed by atoms with Crippen molar-refractivity contribution in [3.05, 3.63) is 64.1 Å². The van der Waals surface area contributed by atoms with E-state index in [2.05, 4.69) is 0 Å². The third kappa shape index (κ3) is 5.20. The molecule has 0 unspecified atom stereocenters. The number of rotatable bonds is 7. The Hall–Kier alpha value is -2.64. The smallest absolute Gasteiger partial charge is 0.277 e. The summed E-state index contributed by atoms with van der Waals surface area (Å²) < 4.78 is 25.2. The number of amides is 1. The summed E-state index contributed by atoms with van der Waals surface area (Å²) in [6.07, 6.45) is 7.17. The van der Waals surface area contributed by atoms with Crippen molar-refractivity contribution in [3.8, 4) is 11.5 Å². The maximum atomic E-state index is 13.5. The number of hydrogen-bond acceptors (Lipinski definition) is 4. The van der Waals surface area contributed by atoms with Gasteiger partial charge in [0.25, 0.3) is 5.91 Å². The Balaban J connectivity index is 1.60. The minimum Gasteiger partial charge on any atom is -0.490 e. The first-order chi connectivity index (χ1) is 16.4. The topological polar surface area (TPSA) is 42.0 Å². The zero-order valence-corrected chi connectivity index (χ0v) is 20.9. The fraction of sp³-hybridized carbons (Fsp3) is 0.385. The van der Waals surface area contributed by atoms with E-state index in [4.69, 9.17) is 33.3 Å². The molecule has 2 aromatic carbocycles. The van der Waals surface area contributed by atoms with Gasteiger partial charge in [-0.15, -0.1) is 0 Å². The summed E-state index contributed by atoms with van der Waals surface area (Å²) in [6, 6.07) is 9.87. The number of likely N-dealkylation sites (N-methyl/N-ethyl adjacent to an activating group) is 1. The van der Waals surface area contributed by atoms with Crippen LogP contribution in [0.1, 0.15) is 50.2 Å². The highest BCUT2D eigenvalue weighted by Gasteiger charge is 2.40. The van der Waals surface area contributed by atoms with Gasteiger partial charge in [0.1, 0.15) is 18.1 Å². The Labute approximate surface area is 210 Å². The SMILES string of the molecule is CCOc1cc(/C=C2/C(=O)N(C3CCCCC3)C(=S)N2C)cc(Cl)c1OCc1cccc(F)c1. The fourth-order valence-corrected chi connectivity index (χ4v) is 5.06. The second-order valence-corrected chi connectivity index (χ2v) is 9.29. The third-order valence-electron chi connectivity index (χ3n) is 6.14. The molecule has 2 aliphatic rings. The molecule has 2 aromatic rings. The van der Waals surface area contributed by atoms with Crippen molar-refractivity contribution in [2.45, 2.75) is 51.7 Å². The summed E-state index contributed by atoms with van der Waals surface area (Å²) in [6.45, 7) is 2.42. The van der Waals surface area contributed by atoms with E-state index >= 15 is 0 Å². The number of carbonyl (C=O) groups is 1. The Morgan fingerprint density at radius 2 is 1.94 bits per heavy atom. The van der Waals surface area contributed by atoms with E-state index in [1.54, 1.807) is 40.1 Å². The van der Waals surface area contributed by atoms with Gasteiger partial charge in [-0.3, -0.25) is 9.69 Å². The zero-order chi connectivity index (χ0) is 24.2. The molecule has 5 nitrogen and oxygen atoms in total. The standard InChI is InChI=1S/C26H28ClFN2O3S/c1-3-32-23-15-18(13-21(27)24(23)33-16-17-8-7-9-19(28)12-17)14-22-25(31)30(26(34)29(22)2)20-10-5-4-6-11-20/h7-9,12-15,20H,3-6,10-11,16H2,1-2H3/b22-14-. The summed E-state index contributed by atoms with van der Waals surface area (Å²) in [4.78, 5) is 16.8. The molecule has 1 heterocycles. The summed E-state index contributed by atoms with van der Waals surface area (Å²) in [7, 11) is 1.82. The highest BCUT2D eigenvalue weighted by Crippen LogP contribution is 2.39. The van der Waals surface area contributed by atoms with Crippen LogP contribution < -0.4 is 9.47 Å². The van der Waals surface area contributed by atoms with E-state index in [0.717, 1.165) is 25.7 Å². The van der Waals surface area contributed by atoms with Crippen LogP contribution in [0.2, 0.25) is 5.02 Å². The van der Waals surface area contributed by atoms with Crippen molar-refractivity contribution in [1.82, 2.24) is 9.80 Å². The van der Waals surface area contributed by atoms with Gasteiger partial charge in [-0.1, -0.05) is 43.0 Å². The largest absolute Gasteiger partial charge is 0.490 e. The number of benzene rings is 2. The Kier molecular flexibility index (Phi) is 7.73. The minimum atomic E-state index is -0.329. The highest BCUT2D eigenvalue weighted by atomic mass is 35.5. The Bertz CT molecular complexity index is 1120. The quantitative estimate of drug-likeness (QED) is 0.333. The van der Waals surface area contributed by atoms with Crippen molar-refractivity contribution in [2.75, 3.05) is 13.7 Å². The van der Waals surface area contributed by atoms with Gasteiger partial charge in [0, 0.05) is 13.1 Å². The second kappa shape index (κ2) is 10.7. The predicted molar refractivity (Wildman–Crippen MR) is 135 cm³/mol. The molecule has 1 amide bonds. The lowest BCUT2D eigenvalue weighted by molar-refractivity contribution is -0.124. The molecule has 1 saturated carbocycles. The first-order valence-electron chi connectivity index (χ1n) is 11.6. The van der Waals surface area contributed by atoms with Gasteiger partial charge in [0.15, 0.2) is 16.6 Å². The normalized spacial score (nSPS) is 18.2. The number of halogens is 2. The second-order valence-electron chi connectivity index (χ2n) is 8.52. The molecule has 0 bridgehead atoms. The highest BCUT2D eigenvalue weighted by molar-refractivity contribution is 7.80. The molecule has 180 valence electrons. The van der Waals surface area contributed by atoms with Gasteiger partial charge in [-0.2, -0.15) is 0 Å². The summed E-state index contributed by atoms with van der Waals surface area (Å²) in [5.74, 6) is 0.420. The molecular formula is C26H28ClFN2O3S. The van der Waals surface area contributed by atoms with E-state index in [-0.39, 0.29) is 24.4 Å². The van der Waals surface area contributed by atoms with Crippen molar-refractivity contribution in [3.63, 3.8) is 0 Å². The molecule has 1 aliphatic heterocycles. The van der Waals surface area contributed by atoms with Crippen LogP contribution in [0.5, 0.6) is 11.5 Å². The van der Waals surface area contributed by atoms with Gasteiger partial charge in [-0.05, 0) is 73.5 Å². The van der Waals surface area contributed by atoms with Crippen molar-refractivity contribution < 1.29 is 18.7 Å². The van der Waals surface area contributed by atoms with Gasteiger partial charge in [0.05, 0.1) is 11.6 Å². The molecule has 34 heavy (non-hydrogen) atoms. The number of hydrogen-bond donors (Lipinski definition) is 0. The monoisotopic (exact) mass is 502 g/mol.